The molecule has 4 nitrogen and oxygen atoms in total. The van der Waals surface area contributed by atoms with Crippen LogP contribution in [0.15, 0.2) is 42.5 Å². The van der Waals surface area contributed by atoms with Crippen LogP contribution >= 0.6 is 11.3 Å². The molecule has 1 N–H and O–H groups in total. The molecule has 1 unspecified atom stereocenters. The van der Waals surface area contributed by atoms with Gasteiger partial charge in [-0.1, -0.05) is 37.3 Å². The van der Waals surface area contributed by atoms with Crippen LogP contribution in [0.3, 0.4) is 0 Å². The molecule has 0 bridgehead atoms. The predicted octanol–water partition coefficient (Wildman–Crippen LogP) is 5.41. The van der Waals surface area contributed by atoms with Crippen LogP contribution in [0.2, 0.25) is 0 Å². The quantitative estimate of drug-likeness (QED) is 0.640. The monoisotopic (exact) mass is 397 g/mol. The molecule has 0 radical (unpaired) electrons. The summed E-state index contributed by atoms with van der Waals surface area (Å²) in [5, 5.41) is 3.91. The van der Waals surface area contributed by atoms with E-state index in [-0.39, 0.29) is 17.6 Å². The van der Waals surface area contributed by atoms with Crippen molar-refractivity contribution in [1.82, 2.24) is 4.98 Å². The van der Waals surface area contributed by atoms with E-state index in [1.165, 1.54) is 29.0 Å². The summed E-state index contributed by atoms with van der Waals surface area (Å²) in [6, 6.07) is 12.7. The molecule has 1 atom stereocenters. The highest BCUT2D eigenvalue weighted by molar-refractivity contribution is 7.22. The molecule has 1 aromatic heterocycles. The van der Waals surface area contributed by atoms with E-state index < -0.39 is 0 Å². The molecule has 0 aliphatic carbocycles. The van der Waals surface area contributed by atoms with Crippen LogP contribution in [0.5, 0.6) is 0 Å². The van der Waals surface area contributed by atoms with Crippen LogP contribution in [0.25, 0.3) is 10.2 Å². The number of halogens is 1. The molecule has 1 aliphatic heterocycles. The minimum atomic E-state index is -0.248. The Morgan fingerprint density at radius 3 is 2.79 bits per heavy atom. The molecule has 1 saturated heterocycles. The number of hydrogen-bond donors (Lipinski definition) is 1. The van der Waals surface area contributed by atoms with Gasteiger partial charge in [-0.2, -0.15) is 0 Å². The molecule has 146 valence electrons. The summed E-state index contributed by atoms with van der Waals surface area (Å²) in [4.78, 5) is 19.6. The van der Waals surface area contributed by atoms with Crippen molar-refractivity contribution in [2.45, 2.75) is 32.6 Å². The van der Waals surface area contributed by atoms with Gasteiger partial charge in [-0.15, -0.1) is 0 Å². The van der Waals surface area contributed by atoms with Crippen LogP contribution in [0.1, 0.15) is 38.2 Å². The van der Waals surface area contributed by atoms with Gasteiger partial charge in [0.2, 0.25) is 5.91 Å². The van der Waals surface area contributed by atoms with Crippen molar-refractivity contribution in [3.05, 3.63) is 53.8 Å². The Balaban J connectivity index is 1.44. The van der Waals surface area contributed by atoms with Crippen LogP contribution in [0.4, 0.5) is 15.2 Å². The maximum atomic E-state index is 13.4. The first-order valence-electron chi connectivity index (χ1n) is 9.71. The number of fused-ring (bicyclic) bond motifs is 1. The lowest BCUT2D eigenvalue weighted by molar-refractivity contribution is -0.120. The minimum Gasteiger partial charge on any atom is -0.347 e. The van der Waals surface area contributed by atoms with Gasteiger partial charge in [0, 0.05) is 18.8 Å². The van der Waals surface area contributed by atoms with E-state index in [0.717, 1.165) is 40.4 Å². The number of piperidine rings is 1. The fourth-order valence-electron chi connectivity index (χ4n) is 3.58. The Kier molecular flexibility index (Phi) is 5.31. The fraction of sp³-hybridized carbons (Fsp3) is 0.364. The number of aromatic nitrogens is 1. The summed E-state index contributed by atoms with van der Waals surface area (Å²) >= 11 is 1.48. The van der Waals surface area contributed by atoms with Crippen molar-refractivity contribution >= 4 is 38.3 Å². The van der Waals surface area contributed by atoms with Crippen molar-refractivity contribution in [1.29, 1.82) is 0 Å². The van der Waals surface area contributed by atoms with Gasteiger partial charge in [0.1, 0.15) is 5.82 Å². The highest BCUT2D eigenvalue weighted by Gasteiger charge is 2.27. The van der Waals surface area contributed by atoms with Gasteiger partial charge >= 0.3 is 0 Å². The molecule has 6 heteroatoms. The Labute approximate surface area is 168 Å². The molecule has 0 saturated carbocycles. The number of anilines is 2. The molecular formula is C22H24FN3OS. The zero-order valence-electron chi connectivity index (χ0n) is 16.1. The summed E-state index contributed by atoms with van der Waals surface area (Å²) in [5.41, 5.74) is 2.90. The van der Waals surface area contributed by atoms with Gasteiger partial charge < -0.3 is 10.2 Å². The van der Waals surface area contributed by atoms with E-state index in [1.807, 2.05) is 12.1 Å². The van der Waals surface area contributed by atoms with E-state index in [4.69, 9.17) is 0 Å². The van der Waals surface area contributed by atoms with Crippen LogP contribution < -0.4 is 10.2 Å². The first-order valence-corrected chi connectivity index (χ1v) is 10.5. The second-order valence-corrected chi connectivity index (χ2v) is 8.67. The average molecular weight is 398 g/mol. The molecule has 3 aromatic rings. The first kappa shape index (κ1) is 18.9. The third-order valence-corrected chi connectivity index (χ3v) is 6.33. The van der Waals surface area contributed by atoms with E-state index in [9.17, 15) is 9.18 Å². The van der Waals surface area contributed by atoms with Gasteiger partial charge in [-0.25, -0.2) is 9.37 Å². The van der Waals surface area contributed by atoms with E-state index in [2.05, 4.69) is 41.2 Å². The molecule has 28 heavy (non-hydrogen) atoms. The minimum absolute atomic E-state index is 0.0501. The number of benzene rings is 2. The molecule has 0 spiro atoms. The second kappa shape index (κ2) is 7.87. The standard InChI is InChI=1S/C22H24FN3OS/c1-14(2)15-5-8-18(9-6-15)24-21(27)16-4-3-11-26(13-16)22-25-19-10-7-17(23)12-20(19)28-22/h5-10,12,14,16H,3-4,11,13H2,1-2H3,(H,24,27). The molecule has 4 rings (SSSR count). The number of carbonyl (C=O) groups excluding carboxylic acids is 1. The first-order chi connectivity index (χ1) is 13.5. The zero-order valence-corrected chi connectivity index (χ0v) is 16.9. The summed E-state index contributed by atoms with van der Waals surface area (Å²) in [6.07, 6.45) is 1.81. The van der Waals surface area contributed by atoms with Crippen LogP contribution in [-0.4, -0.2) is 24.0 Å². The normalized spacial score (nSPS) is 17.3. The Hall–Kier alpha value is -2.47. The summed E-state index contributed by atoms with van der Waals surface area (Å²) in [6.45, 7) is 5.81. The van der Waals surface area contributed by atoms with Crippen LogP contribution in [0, 0.1) is 11.7 Å². The van der Waals surface area contributed by atoms with Crippen molar-refractivity contribution in [3.8, 4) is 0 Å². The Bertz CT molecular complexity index is 983. The van der Waals surface area contributed by atoms with Gasteiger partial charge in [-0.05, 0) is 54.7 Å². The fourth-order valence-corrected chi connectivity index (χ4v) is 4.61. The Morgan fingerprint density at radius 1 is 1.25 bits per heavy atom. The average Bonchev–Trinajstić information content (AvgIpc) is 3.11. The van der Waals surface area contributed by atoms with Crippen molar-refractivity contribution in [2.24, 2.45) is 5.92 Å². The SMILES string of the molecule is CC(C)c1ccc(NC(=O)C2CCCN(c3nc4ccc(F)cc4s3)C2)cc1. The third kappa shape index (κ3) is 4.02. The van der Waals surface area contributed by atoms with Crippen molar-refractivity contribution in [3.63, 3.8) is 0 Å². The lowest BCUT2D eigenvalue weighted by Crippen LogP contribution is -2.40. The van der Waals surface area contributed by atoms with Crippen molar-refractivity contribution < 1.29 is 9.18 Å². The summed E-state index contributed by atoms with van der Waals surface area (Å²) in [5.74, 6) is 0.192. The van der Waals surface area contributed by atoms with E-state index in [0.29, 0.717) is 12.5 Å². The van der Waals surface area contributed by atoms with Crippen molar-refractivity contribution in [2.75, 3.05) is 23.3 Å². The van der Waals surface area contributed by atoms with E-state index >= 15 is 0 Å². The highest BCUT2D eigenvalue weighted by atomic mass is 32.1. The summed E-state index contributed by atoms with van der Waals surface area (Å²) < 4.78 is 14.3. The predicted molar refractivity (Wildman–Crippen MR) is 114 cm³/mol. The highest BCUT2D eigenvalue weighted by Crippen LogP contribution is 2.32. The number of rotatable bonds is 4. The molecule has 1 amide bonds. The smallest absolute Gasteiger partial charge is 0.229 e. The number of thiazole rings is 1. The molecule has 2 heterocycles. The molecule has 2 aromatic carbocycles. The van der Waals surface area contributed by atoms with Gasteiger partial charge in [0.25, 0.3) is 0 Å². The second-order valence-electron chi connectivity index (χ2n) is 7.66. The van der Waals surface area contributed by atoms with Gasteiger partial charge in [-0.3, -0.25) is 4.79 Å². The van der Waals surface area contributed by atoms with E-state index in [1.54, 1.807) is 6.07 Å². The summed E-state index contributed by atoms with van der Waals surface area (Å²) in [7, 11) is 0. The topological polar surface area (TPSA) is 45.2 Å². The largest absolute Gasteiger partial charge is 0.347 e. The maximum absolute atomic E-state index is 13.4. The number of amides is 1. The number of carbonyl (C=O) groups is 1. The lowest BCUT2D eigenvalue weighted by Gasteiger charge is -2.31. The zero-order chi connectivity index (χ0) is 19.7. The number of nitrogens with one attached hydrogen (secondary N) is 1. The molecule has 1 aliphatic rings. The van der Waals surface area contributed by atoms with Gasteiger partial charge in [0.05, 0.1) is 16.1 Å². The van der Waals surface area contributed by atoms with Crippen LogP contribution in [-0.2, 0) is 4.79 Å². The maximum Gasteiger partial charge on any atom is 0.229 e. The number of nitrogens with zero attached hydrogens (tertiary/aromatic N) is 2. The Morgan fingerprint density at radius 2 is 2.04 bits per heavy atom. The van der Waals surface area contributed by atoms with Gasteiger partial charge in [0.15, 0.2) is 5.13 Å². The third-order valence-electron chi connectivity index (χ3n) is 5.25. The molecule has 1 fully saturated rings. The lowest BCUT2D eigenvalue weighted by atomic mass is 9.97. The molecular weight excluding hydrogens is 373 g/mol. The number of hydrogen-bond acceptors (Lipinski definition) is 4.